The normalized spacial score (nSPS) is 12.8. The number of methoxy groups -OCH3 is 2. The van der Waals surface area contributed by atoms with Gasteiger partial charge in [-0.05, 0) is 31.5 Å². The minimum atomic E-state index is -3.68. The van der Waals surface area contributed by atoms with Crippen LogP contribution in [0.25, 0.3) is 0 Å². The van der Waals surface area contributed by atoms with E-state index in [0.29, 0.717) is 11.3 Å². The number of hydrogen-bond donors (Lipinski definition) is 0. The molecule has 0 radical (unpaired) electrons. The molecule has 1 rings (SSSR count). The van der Waals surface area contributed by atoms with Crippen LogP contribution in [0.2, 0.25) is 0 Å². The van der Waals surface area contributed by atoms with E-state index < -0.39 is 19.2 Å². The molecule has 118 valence electrons. The van der Waals surface area contributed by atoms with E-state index >= 15 is 0 Å². The Morgan fingerprint density at radius 2 is 1.81 bits per heavy atom. The first-order chi connectivity index (χ1) is 10.0. The molecule has 0 amide bonds. The first-order valence-electron chi connectivity index (χ1n) is 6.63. The van der Waals surface area contributed by atoms with E-state index in [-0.39, 0.29) is 13.2 Å². The summed E-state index contributed by atoms with van der Waals surface area (Å²) in [5.74, 6) is -0.130. The summed E-state index contributed by atoms with van der Waals surface area (Å²) in [4.78, 5) is 12.1. The van der Waals surface area contributed by atoms with Gasteiger partial charge in [-0.1, -0.05) is 12.1 Å². The summed E-state index contributed by atoms with van der Waals surface area (Å²) < 4.78 is 33.4. The molecule has 0 bridgehead atoms. The van der Waals surface area contributed by atoms with Gasteiger partial charge >= 0.3 is 13.6 Å². The summed E-state index contributed by atoms with van der Waals surface area (Å²) in [6, 6.07) is 6.71. The van der Waals surface area contributed by atoms with Gasteiger partial charge in [0.05, 0.1) is 27.4 Å². The molecule has 0 saturated carbocycles. The lowest BCUT2D eigenvalue weighted by atomic mass is 10.1. The second-order valence-corrected chi connectivity index (χ2v) is 6.19. The maximum atomic E-state index is 12.9. The van der Waals surface area contributed by atoms with Gasteiger partial charge in [-0.25, -0.2) is 0 Å². The van der Waals surface area contributed by atoms with Crippen molar-refractivity contribution in [2.45, 2.75) is 19.5 Å². The lowest BCUT2D eigenvalue weighted by molar-refractivity contribution is -0.140. The molecule has 0 aromatic heterocycles. The first kappa shape index (κ1) is 17.7. The Labute approximate surface area is 124 Å². The van der Waals surface area contributed by atoms with Crippen molar-refractivity contribution in [3.8, 4) is 5.75 Å². The monoisotopic (exact) mass is 316 g/mol. The van der Waals surface area contributed by atoms with Gasteiger partial charge in [-0.2, -0.15) is 0 Å². The highest BCUT2D eigenvalue weighted by molar-refractivity contribution is 7.55. The molecule has 21 heavy (non-hydrogen) atoms. The lowest BCUT2D eigenvalue weighted by Crippen LogP contribution is -2.18. The standard InChI is InChI=1S/C14H21O6P/c1-5-19-21(16,20-6-2)13(14(15)18-4)11-8-7-9-12(10-11)17-3/h7-10,13H,5-6H2,1-4H3/t13-/m0/s1. The Morgan fingerprint density at radius 1 is 1.19 bits per heavy atom. The lowest BCUT2D eigenvalue weighted by Gasteiger charge is -2.24. The third-order valence-electron chi connectivity index (χ3n) is 2.77. The van der Waals surface area contributed by atoms with Gasteiger partial charge in [0.1, 0.15) is 5.75 Å². The summed E-state index contributed by atoms with van der Waals surface area (Å²) in [5.41, 5.74) is -0.677. The molecule has 1 aromatic rings. The topological polar surface area (TPSA) is 71.1 Å². The zero-order chi connectivity index (χ0) is 15.9. The number of esters is 1. The number of ether oxygens (including phenoxy) is 2. The fourth-order valence-corrected chi connectivity index (χ4v) is 3.90. The molecule has 1 atom stereocenters. The van der Waals surface area contributed by atoms with Crippen LogP contribution < -0.4 is 4.74 Å². The molecule has 0 aliphatic carbocycles. The van der Waals surface area contributed by atoms with Crippen LogP contribution in [0, 0.1) is 0 Å². The van der Waals surface area contributed by atoms with Gasteiger partial charge in [0.15, 0.2) is 5.66 Å². The van der Waals surface area contributed by atoms with Gasteiger partial charge in [0.2, 0.25) is 0 Å². The fraction of sp³-hybridized carbons (Fsp3) is 0.500. The molecule has 7 heteroatoms. The van der Waals surface area contributed by atoms with Crippen LogP contribution >= 0.6 is 7.60 Å². The van der Waals surface area contributed by atoms with E-state index in [9.17, 15) is 9.36 Å². The van der Waals surface area contributed by atoms with E-state index in [4.69, 9.17) is 18.5 Å². The predicted molar refractivity (Wildman–Crippen MR) is 78.6 cm³/mol. The van der Waals surface area contributed by atoms with Gasteiger partial charge in [0.25, 0.3) is 0 Å². The van der Waals surface area contributed by atoms with Crippen LogP contribution in [-0.2, 0) is 23.1 Å². The van der Waals surface area contributed by atoms with E-state index in [0.717, 1.165) is 0 Å². The zero-order valence-corrected chi connectivity index (χ0v) is 13.6. The van der Waals surface area contributed by atoms with E-state index in [1.807, 2.05) is 0 Å². The highest BCUT2D eigenvalue weighted by Crippen LogP contribution is 2.61. The van der Waals surface area contributed by atoms with Crippen LogP contribution in [0.4, 0.5) is 0 Å². The average Bonchev–Trinajstić information content (AvgIpc) is 2.47. The minimum Gasteiger partial charge on any atom is -0.497 e. The fourth-order valence-electron chi connectivity index (χ4n) is 1.92. The van der Waals surface area contributed by atoms with Gasteiger partial charge in [-0.3, -0.25) is 9.36 Å². The molecule has 0 saturated heterocycles. The van der Waals surface area contributed by atoms with Crippen molar-refractivity contribution in [2.75, 3.05) is 27.4 Å². The smallest absolute Gasteiger partial charge is 0.349 e. The van der Waals surface area contributed by atoms with Crippen molar-refractivity contribution in [3.05, 3.63) is 29.8 Å². The van der Waals surface area contributed by atoms with Crippen molar-refractivity contribution in [1.29, 1.82) is 0 Å². The SMILES string of the molecule is CCOP(=O)(OCC)[C@H](C(=O)OC)c1cccc(OC)c1. The molecular formula is C14H21O6P. The maximum absolute atomic E-state index is 12.9. The van der Waals surface area contributed by atoms with E-state index in [2.05, 4.69) is 0 Å². The summed E-state index contributed by atoms with van der Waals surface area (Å²) >= 11 is 0. The summed E-state index contributed by atoms with van der Waals surface area (Å²) in [5, 5.41) is 0. The molecule has 0 N–H and O–H groups in total. The average molecular weight is 316 g/mol. The van der Waals surface area contributed by atoms with Gasteiger partial charge in [-0.15, -0.1) is 0 Å². The van der Waals surface area contributed by atoms with Crippen LogP contribution in [0.1, 0.15) is 25.1 Å². The summed E-state index contributed by atoms with van der Waals surface area (Å²) in [7, 11) is -0.940. The molecule has 0 unspecified atom stereocenters. The van der Waals surface area contributed by atoms with Gasteiger partial charge in [0, 0.05) is 0 Å². The molecule has 0 aliphatic rings. The minimum absolute atomic E-state index is 0.161. The molecule has 0 fully saturated rings. The quantitative estimate of drug-likeness (QED) is 0.542. The largest absolute Gasteiger partial charge is 0.497 e. The van der Waals surface area contributed by atoms with Crippen molar-refractivity contribution in [2.24, 2.45) is 0 Å². The molecular weight excluding hydrogens is 295 g/mol. The Kier molecular flexibility index (Phi) is 6.89. The Balaban J connectivity index is 3.32. The van der Waals surface area contributed by atoms with Crippen LogP contribution in [0.3, 0.4) is 0 Å². The summed E-state index contributed by atoms with van der Waals surface area (Å²) in [6.07, 6.45) is 0. The van der Waals surface area contributed by atoms with Gasteiger partial charge < -0.3 is 18.5 Å². The second-order valence-electron chi connectivity index (χ2n) is 4.08. The molecule has 0 aliphatic heterocycles. The Hall–Kier alpha value is -1.36. The molecule has 0 heterocycles. The van der Waals surface area contributed by atoms with Crippen molar-refractivity contribution in [1.82, 2.24) is 0 Å². The highest BCUT2D eigenvalue weighted by atomic mass is 31.2. The Bertz CT molecular complexity index is 506. The van der Waals surface area contributed by atoms with Crippen molar-refractivity contribution >= 4 is 13.6 Å². The maximum Gasteiger partial charge on any atom is 0.349 e. The molecule has 0 spiro atoms. The van der Waals surface area contributed by atoms with Crippen molar-refractivity contribution < 1.29 is 27.9 Å². The highest BCUT2D eigenvalue weighted by Gasteiger charge is 2.43. The number of hydrogen-bond acceptors (Lipinski definition) is 6. The predicted octanol–water partition coefficient (Wildman–Crippen LogP) is 3.18. The number of carbonyl (C=O) groups is 1. The van der Waals surface area contributed by atoms with Crippen LogP contribution in [-0.4, -0.2) is 33.4 Å². The van der Waals surface area contributed by atoms with E-state index in [1.165, 1.54) is 14.2 Å². The van der Waals surface area contributed by atoms with Crippen LogP contribution in [0.15, 0.2) is 24.3 Å². The second kappa shape index (κ2) is 8.17. The first-order valence-corrected chi connectivity index (χ1v) is 8.24. The molecule has 6 nitrogen and oxygen atoms in total. The third-order valence-corrected chi connectivity index (χ3v) is 5.15. The number of rotatable bonds is 8. The number of carbonyl (C=O) groups excluding carboxylic acids is 1. The summed E-state index contributed by atoms with van der Waals surface area (Å²) in [6.45, 7) is 3.70. The molecule has 1 aromatic carbocycles. The van der Waals surface area contributed by atoms with Crippen LogP contribution in [0.5, 0.6) is 5.75 Å². The van der Waals surface area contributed by atoms with Crippen molar-refractivity contribution in [3.63, 3.8) is 0 Å². The van der Waals surface area contributed by atoms with E-state index in [1.54, 1.807) is 38.1 Å². The third kappa shape index (κ3) is 4.30. The number of benzene rings is 1. The zero-order valence-electron chi connectivity index (χ0n) is 12.7. The Morgan fingerprint density at radius 3 is 2.29 bits per heavy atom.